The van der Waals surface area contributed by atoms with Gasteiger partial charge in [0.05, 0.1) is 12.7 Å². The summed E-state index contributed by atoms with van der Waals surface area (Å²) in [5.74, 6) is 0.172. The molecule has 0 aromatic heterocycles. The lowest BCUT2D eigenvalue weighted by atomic mass is 10.2. The van der Waals surface area contributed by atoms with Gasteiger partial charge in [-0.2, -0.15) is 0 Å². The number of aliphatic hydroxyl groups excluding tert-OH is 1. The maximum atomic E-state index is 11.3. The van der Waals surface area contributed by atoms with Crippen LogP contribution in [0.1, 0.15) is 19.8 Å². The molecule has 1 aliphatic rings. The topological polar surface area (TPSA) is 49.8 Å². The van der Waals surface area contributed by atoms with E-state index in [1.807, 2.05) is 11.8 Å². The Balaban J connectivity index is 2.37. The lowest BCUT2D eigenvalue weighted by Crippen LogP contribution is -2.45. The lowest BCUT2D eigenvalue weighted by molar-refractivity contribution is -0.138. The number of aliphatic hydroxyl groups is 1. The van der Waals surface area contributed by atoms with Gasteiger partial charge >= 0.3 is 0 Å². The van der Waals surface area contributed by atoms with Crippen molar-refractivity contribution >= 4 is 5.91 Å². The van der Waals surface area contributed by atoms with Gasteiger partial charge in [0.2, 0.25) is 5.91 Å². The fourth-order valence-electron chi connectivity index (χ4n) is 1.49. The Labute approximate surface area is 78.5 Å². The molecule has 0 bridgehead atoms. The molecule has 4 nitrogen and oxygen atoms in total. The van der Waals surface area contributed by atoms with Crippen molar-refractivity contribution in [3.8, 4) is 0 Å². The van der Waals surface area contributed by atoms with E-state index in [1.165, 1.54) is 0 Å². The fourth-order valence-corrected chi connectivity index (χ4v) is 1.49. The predicted octanol–water partition coefficient (Wildman–Crippen LogP) is 0.00620. The van der Waals surface area contributed by atoms with Gasteiger partial charge in [0.1, 0.15) is 0 Å². The minimum Gasteiger partial charge on any atom is -0.396 e. The van der Waals surface area contributed by atoms with Gasteiger partial charge in [-0.05, 0) is 6.42 Å². The maximum Gasteiger partial charge on any atom is 0.222 e. The Morgan fingerprint density at radius 2 is 2.46 bits per heavy atom. The van der Waals surface area contributed by atoms with E-state index in [9.17, 15) is 4.79 Å². The Bertz CT molecular complexity index is 170. The third-order valence-electron chi connectivity index (χ3n) is 2.25. The van der Waals surface area contributed by atoms with E-state index in [0.717, 1.165) is 0 Å². The Hall–Kier alpha value is -0.610. The van der Waals surface area contributed by atoms with E-state index in [1.54, 1.807) is 0 Å². The first kappa shape index (κ1) is 10.5. The molecule has 1 saturated heterocycles. The highest BCUT2D eigenvalue weighted by molar-refractivity contribution is 5.75. The van der Waals surface area contributed by atoms with Crippen molar-refractivity contribution in [1.82, 2.24) is 4.90 Å². The molecule has 1 fully saturated rings. The highest BCUT2D eigenvalue weighted by atomic mass is 16.5. The summed E-state index contributed by atoms with van der Waals surface area (Å²) in [5, 5.41) is 8.72. The number of rotatable bonds is 3. The molecule has 1 heterocycles. The van der Waals surface area contributed by atoms with Crippen molar-refractivity contribution in [3.05, 3.63) is 0 Å². The average Bonchev–Trinajstić information content (AvgIpc) is 2.18. The number of amides is 1. The first-order valence-electron chi connectivity index (χ1n) is 4.78. The number of carbonyl (C=O) groups excluding carboxylic acids is 1. The SMILES string of the molecule is CCC(=O)N1CCOC(CCO)C1. The molecule has 1 rings (SSSR count). The van der Waals surface area contributed by atoms with Gasteiger partial charge < -0.3 is 14.7 Å². The van der Waals surface area contributed by atoms with Crippen LogP contribution in [0.15, 0.2) is 0 Å². The molecule has 0 spiro atoms. The molecule has 1 N–H and O–H groups in total. The molecule has 0 saturated carbocycles. The monoisotopic (exact) mass is 187 g/mol. The Kier molecular flexibility index (Phi) is 4.18. The largest absolute Gasteiger partial charge is 0.396 e. The fraction of sp³-hybridized carbons (Fsp3) is 0.889. The molecule has 4 heteroatoms. The van der Waals surface area contributed by atoms with Crippen molar-refractivity contribution in [2.75, 3.05) is 26.3 Å². The molecule has 0 aromatic carbocycles. The maximum absolute atomic E-state index is 11.3. The van der Waals surface area contributed by atoms with Crippen LogP contribution in [0.25, 0.3) is 0 Å². The minimum atomic E-state index is 0.0225. The summed E-state index contributed by atoms with van der Waals surface area (Å²) in [5.41, 5.74) is 0. The highest BCUT2D eigenvalue weighted by Gasteiger charge is 2.22. The quantitative estimate of drug-likeness (QED) is 0.677. The molecule has 13 heavy (non-hydrogen) atoms. The van der Waals surface area contributed by atoms with E-state index in [4.69, 9.17) is 9.84 Å². The van der Waals surface area contributed by atoms with Gasteiger partial charge in [-0.15, -0.1) is 0 Å². The van der Waals surface area contributed by atoms with Crippen LogP contribution in [0.3, 0.4) is 0 Å². The summed E-state index contributed by atoms with van der Waals surface area (Å²) in [6.45, 7) is 3.90. The molecular formula is C9H17NO3. The zero-order valence-corrected chi connectivity index (χ0v) is 8.03. The molecule has 0 radical (unpaired) electrons. The number of nitrogens with zero attached hydrogens (tertiary/aromatic N) is 1. The molecule has 0 aliphatic carbocycles. The highest BCUT2D eigenvalue weighted by Crippen LogP contribution is 2.09. The number of ether oxygens (including phenoxy) is 1. The molecule has 1 unspecified atom stereocenters. The Morgan fingerprint density at radius 3 is 3.08 bits per heavy atom. The van der Waals surface area contributed by atoms with E-state index < -0.39 is 0 Å². The first-order chi connectivity index (χ1) is 6.27. The van der Waals surface area contributed by atoms with Crippen molar-refractivity contribution in [3.63, 3.8) is 0 Å². The van der Waals surface area contributed by atoms with Gasteiger partial charge in [-0.3, -0.25) is 4.79 Å². The molecule has 1 amide bonds. The second-order valence-electron chi connectivity index (χ2n) is 3.20. The van der Waals surface area contributed by atoms with Crippen molar-refractivity contribution in [2.24, 2.45) is 0 Å². The van der Waals surface area contributed by atoms with Gasteiger partial charge in [0.25, 0.3) is 0 Å². The van der Waals surface area contributed by atoms with E-state index in [-0.39, 0.29) is 18.6 Å². The second kappa shape index (κ2) is 5.19. The molecule has 1 aliphatic heterocycles. The number of hydrogen-bond acceptors (Lipinski definition) is 3. The van der Waals surface area contributed by atoms with Crippen LogP contribution in [0.4, 0.5) is 0 Å². The van der Waals surface area contributed by atoms with Gasteiger partial charge in [0, 0.05) is 26.1 Å². The molecule has 0 aromatic rings. The number of morpholine rings is 1. The van der Waals surface area contributed by atoms with Crippen molar-refractivity contribution in [1.29, 1.82) is 0 Å². The smallest absolute Gasteiger partial charge is 0.222 e. The van der Waals surface area contributed by atoms with Crippen LogP contribution < -0.4 is 0 Å². The van der Waals surface area contributed by atoms with Crippen LogP contribution in [0, 0.1) is 0 Å². The number of hydrogen-bond donors (Lipinski definition) is 1. The van der Waals surface area contributed by atoms with Crippen molar-refractivity contribution < 1.29 is 14.6 Å². The summed E-state index contributed by atoms with van der Waals surface area (Å²) in [4.78, 5) is 13.1. The van der Waals surface area contributed by atoms with Crippen LogP contribution in [0.5, 0.6) is 0 Å². The van der Waals surface area contributed by atoms with Gasteiger partial charge in [0.15, 0.2) is 0 Å². The Morgan fingerprint density at radius 1 is 1.69 bits per heavy atom. The third-order valence-corrected chi connectivity index (χ3v) is 2.25. The lowest BCUT2D eigenvalue weighted by Gasteiger charge is -2.32. The predicted molar refractivity (Wildman–Crippen MR) is 48.3 cm³/mol. The van der Waals surface area contributed by atoms with Crippen LogP contribution in [-0.2, 0) is 9.53 Å². The summed E-state index contributed by atoms with van der Waals surface area (Å²) in [6, 6.07) is 0. The van der Waals surface area contributed by atoms with Gasteiger partial charge in [-0.25, -0.2) is 0 Å². The van der Waals surface area contributed by atoms with E-state index in [2.05, 4.69) is 0 Å². The number of carbonyl (C=O) groups is 1. The molecule has 1 atom stereocenters. The third kappa shape index (κ3) is 2.97. The summed E-state index contributed by atoms with van der Waals surface area (Å²) in [6.07, 6.45) is 1.19. The van der Waals surface area contributed by atoms with Crippen LogP contribution in [-0.4, -0.2) is 48.3 Å². The minimum absolute atomic E-state index is 0.0225. The van der Waals surface area contributed by atoms with E-state index >= 15 is 0 Å². The summed E-state index contributed by atoms with van der Waals surface area (Å²) in [7, 11) is 0. The first-order valence-corrected chi connectivity index (χ1v) is 4.78. The zero-order chi connectivity index (χ0) is 9.68. The summed E-state index contributed by atoms with van der Waals surface area (Å²) >= 11 is 0. The van der Waals surface area contributed by atoms with Gasteiger partial charge in [-0.1, -0.05) is 6.92 Å². The summed E-state index contributed by atoms with van der Waals surface area (Å²) < 4.78 is 5.39. The molecular weight excluding hydrogens is 170 g/mol. The van der Waals surface area contributed by atoms with Crippen molar-refractivity contribution in [2.45, 2.75) is 25.9 Å². The standard InChI is InChI=1S/C9H17NO3/c1-2-9(12)10-4-6-13-8(7-10)3-5-11/h8,11H,2-7H2,1H3. The normalized spacial score (nSPS) is 23.2. The van der Waals surface area contributed by atoms with Crippen LogP contribution >= 0.6 is 0 Å². The zero-order valence-electron chi connectivity index (χ0n) is 8.03. The van der Waals surface area contributed by atoms with Crippen LogP contribution in [0.2, 0.25) is 0 Å². The molecule has 76 valence electrons. The average molecular weight is 187 g/mol. The second-order valence-corrected chi connectivity index (χ2v) is 3.20. The van der Waals surface area contributed by atoms with E-state index in [0.29, 0.717) is 32.5 Å².